The normalized spacial score (nSPS) is 44.4. The highest BCUT2D eigenvalue weighted by Crippen LogP contribution is 2.68. The monoisotopic (exact) mass is 420 g/mol. The van der Waals surface area contributed by atoms with Gasteiger partial charge in [-0.3, -0.25) is 14.4 Å². The van der Waals surface area contributed by atoms with Gasteiger partial charge in [-0.05, 0) is 49.8 Å². The zero-order valence-electron chi connectivity index (χ0n) is 17.3. The molecule has 4 aliphatic carbocycles. The van der Waals surface area contributed by atoms with Crippen LogP contribution in [0.5, 0.6) is 0 Å². The van der Waals surface area contributed by atoms with Gasteiger partial charge >= 0.3 is 5.97 Å². The lowest BCUT2D eigenvalue weighted by Gasteiger charge is -2.62. The van der Waals surface area contributed by atoms with E-state index in [1.165, 1.54) is 19.1 Å². The van der Waals surface area contributed by atoms with Crippen molar-refractivity contribution in [1.29, 1.82) is 0 Å². The van der Waals surface area contributed by atoms with Gasteiger partial charge in [0.05, 0.1) is 6.10 Å². The number of carbonyl (C=O) groups excluding carboxylic acids is 3. The third-order valence-corrected chi connectivity index (χ3v) is 7.92. The van der Waals surface area contributed by atoms with E-state index < -0.39 is 47.3 Å². The fraction of sp³-hybridized carbons (Fsp3) is 0.609. The molecule has 1 N–H and O–H groups in total. The largest absolute Gasteiger partial charge is 0.457 e. The Bertz CT molecular complexity index is 921. The molecule has 7 heteroatoms. The summed E-state index contributed by atoms with van der Waals surface area (Å²) < 4.78 is 36.9. The van der Waals surface area contributed by atoms with E-state index in [0.717, 1.165) is 6.08 Å². The Kier molecular flexibility index (Phi) is 4.69. The molecular weight excluding hydrogens is 394 g/mol. The summed E-state index contributed by atoms with van der Waals surface area (Å²) >= 11 is 0. The van der Waals surface area contributed by atoms with Crippen molar-refractivity contribution in [2.24, 2.45) is 22.7 Å². The van der Waals surface area contributed by atoms with Crippen molar-refractivity contribution in [2.45, 2.75) is 58.0 Å². The summed E-state index contributed by atoms with van der Waals surface area (Å²) in [7, 11) is 0. The van der Waals surface area contributed by atoms with Gasteiger partial charge in [0.2, 0.25) is 0 Å². The second-order valence-corrected chi connectivity index (χ2v) is 9.42. The van der Waals surface area contributed by atoms with E-state index in [9.17, 15) is 19.5 Å². The summed E-state index contributed by atoms with van der Waals surface area (Å²) in [6, 6.07) is 0. The number of halogens is 2. The first-order valence-electron chi connectivity index (χ1n) is 10.3. The van der Waals surface area contributed by atoms with Crippen molar-refractivity contribution in [3.05, 3.63) is 35.5 Å². The molecule has 4 aliphatic rings. The number of Topliss-reactive ketones (excluding diaryl/α,β-unsaturated/α-hetero) is 1. The number of rotatable bonds is 3. The molecule has 0 bridgehead atoms. The Balaban J connectivity index is 1.72. The number of alkyl halides is 2. The van der Waals surface area contributed by atoms with Crippen LogP contribution in [0.4, 0.5) is 8.78 Å². The second kappa shape index (κ2) is 6.67. The number of allylic oxidation sites excluding steroid dienone is 5. The van der Waals surface area contributed by atoms with Crippen LogP contribution in [-0.2, 0) is 19.1 Å². The first-order valence-corrected chi connectivity index (χ1v) is 10.3. The number of ether oxygens (including phenoxy) is 1. The summed E-state index contributed by atoms with van der Waals surface area (Å²) in [5.41, 5.74) is -3.96. The highest BCUT2D eigenvalue weighted by atomic mass is 19.1. The van der Waals surface area contributed by atoms with E-state index >= 15 is 8.78 Å². The van der Waals surface area contributed by atoms with Gasteiger partial charge in [-0.25, -0.2) is 8.78 Å². The summed E-state index contributed by atoms with van der Waals surface area (Å²) in [6.07, 6.45) is 2.76. The predicted octanol–water partition coefficient (Wildman–Crippen LogP) is 2.97. The smallest absolute Gasteiger partial charge is 0.303 e. The molecule has 0 aromatic carbocycles. The molecule has 5 nitrogen and oxygen atoms in total. The molecule has 0 spiro atoms. The van der Waals surface area contributed by atoms with Crippen molar-refractivity contribution < 1.29 is 33.0 Å². The van der Waals surface area contributed by atoms with Gasteiger partial charge in [0.15, 0.2) is 23.8 Å². The van der Waals surface area contributed by atoms with Crippen LogP contribution in [0.25, 0.3) is 0 Å². The van der Waals surface area contributed by atoms with Gasteiger partial charge < -0.3 is 9.84 Å². The number of carbonyl (C=O) groups is 3. The van der Waals surface area contributed by atoms with Gasteiger partial charge in [-0.1, -0.05) is 19.1 Å². The maximum atomic E-state index is 16.8. The first-order chi connectivity index (χ1) is 13.9. The molecule has 0 aliphatic heterocycles. The van der Waals surface area contributed by atoms with E-state index in [-0.39, 0.29) is 35.9 Å². The Morgan fingerprint density at radius 3 is 2.67 bits per heavy atom. The van der Waals surface area contributed by atoms with Crippen LogP contribution in [-0.4, -0.2) is 47.2 Å². The van der Waals surface area contributed by atoms with Crippen LogP contribution in [0.15, 0.2) is 35.5 Å². The Hall–Kier alpha value is -2.15. The summed E-state index contributed by atoms with van der Waals surface area (Å²) in [5.74, 6) is -2.56. The van der Waals surface area contributed by atoms with Crippen molar-refractivity contribution in [3.8, 4) is 0 Å². The van der Waals surface area contributed by atoms with E-state index in [1.807, 2.05) is 0 Å². The number of hydrogen-bond acceptors (Lipinski definition) is 5. The average molecular weight is 420 g/mol. The molecule has 0 saturated heterocycles. The quantitative estimate of drug-likeness (QED) is 0.710. The maximum Gasteiger partial charge on any atom is 0.303 e. The Labute approximate surface area is 173 Å². The molecule has 5 unspecified atom stereocenters. The van der Waals surface area contributed by atoms with Crippen LogP contribution < -0.4 is 0 Å². The Morgan fingerprint density at radius 1 is 1.30 bits per heavy atom. The maximum absolute atomic E-state index is 16.8. The molecule has 30 heavy (non-hydrogen) atoms. The molecule has 0 radical (unpaired) electrons. The molecule has 162 valence electrons. The van der Waals surface area contributed by atoms with E-state index in [1.54, 1.807) is 19.9 Å². The van der Waals surface area contributed by atoms with Crippen LogP contribution in [0.2, 0.25) is 0 Å². The van der Waals surface area contributed by atoms with Crippen LogP contribution in [0.1, 0.15) is 40.0 Å². The lowest BCUT2D eigenvalue weighted by molar-refractivity contribution is -0.192. The average Bonchev–Trinajstić information content (AvgIpc) is 3.00. The molecular formula is C23H26F2O5. The SMILES string of the molecule is CC(=O)OCC(=O)C1=CCC2C3C[C@H](F)C4=CC(=O)C=CC4(C)[C@@]3(F)C(O)CC12C. The van der Waals surface area contributed by atoms with E-state index in [4.69, 9.17) is 4.74 Å². The lowest BCUT2D eigenvalue weighted by atomic mass is 9.45. The first kappa shape index (κ1) is 21.1. The third-order valence-electron chi connectivity index (χ3n) is 7.92. The number of aliphatic hydroxyl groups is 1. The lowest BCUT2D eigenvalue weighted by Crippen LogP contribution is -2.68. The van der Waals surface area contributed by atoms with Crippen LogP contribution >= 0.6 is 0 Å². The molecule has 0 heterocycles. The van der Waals surface area contributed by atoms with Crippen molar-refractivity contribution in [1.82, 2.24) is 0 Å². The van der Waals surface area contributed by atoms with Crippen LogP contribution in [0, 0.1) is 22.7 Å². The summed E-state index contributed by atoms with van der Waals surface area (Å²) in [4.78, 5) is 35.6. The zero-order chi connectivity index (χ0) is 22.1. The highest BCUT2D eigenvalue weighted by Gasteiger charge is 2.71. The number of aliphatic hydroxyl groups excluding tert-OH is 1. The minimum Gasteiger partial charge on any atom is -0.457 e. The van der Waals surface area contributed by atoms with Crippen LogP contribution in [0.3, 0.4) is 0 Å². The highest BCUT2D eigenvalue weighted by molar-refractivity contribution is 6.01. The topological polar surface area (TPSA) is 80.7 Å². The number of fused-ring (bicyclic) bond motifs is 5. The van der Waals surface area contributed by atoms with Gasteiger partial charge in [-0.15, -0.1) is 0 Å². The molecule has 4 rings (SSSR count). The van der Waals surface area contributed by atoms with Crippen molar-refractivity contribution in [3.63, 3.8) is 0 Å². The van der Waals surface area contributed by atoms with Crippen molar-refractivity contribution >= 4 is 17.5 Å². The minimum atomic E-state index is -2.16. The molecule has 0 amide bonds. The summed E-state index contributed by atoms with van der Waals surface area (Å²) in [5, 5.41) is 11.1. The number of esters is 1. The molecule has 0 aromatic rings. The van der Waals surface area contributed by atoms with Gasteiger partial charge in [0.1, 0.15) is 6.17 Å². The fourth-order valence-electron chi connectivity index (χ4n) is 6.45. The van der Waals surface area contributed by atoms with Gasteiger partial charge in [-0.2, -0.15) is 0 Å². The third kappa shape index (κ3) is 2.63. The molecule has 7 atom stereocenters. The fourth-order valence-corrected chi connectivity index (χ4v) is 6.45. The zero-order valence-corrected chi connectivity index (χ0v) is 17.3. The summed E-state index contributed by atoms with van der Waals surface area (Å²) in [6.45, 7) is 4.14. The van der Waals surface area contributed by atoms with E-state index in [2.05, 4.69) is 0 Å². The number of ketones is 2. The van der Waals surface area contributed by atoms with E-state index in [0.29, 0.717) is 12.0 Å². The second-order valence-electron chi connectivity index (χ2n) is 9.42. The molecule has 0 aromatic heterocycles. The number of hydrogen-bond donors (Lipinski definition) is 1. The Morgan fingerprint density at radius 2 is 2.00 bits per heavy atom. The standard InChI is InChI=1S/C23H26F2O5/c1-12(26)30-11-19(28)15-5-4-14-16-9-18(24)17-8-13(27)6-7-22(17,3)23(16,25)20(29)10-21(14,15)2/h5-8,14,16,18,20,29H,4,9-11H2,1-3H3/t14?,16?,18-,20?,21?,22?,23-/m0/s1. The van der Waals surface area contributed by atoms with Gasteiger partial charge in [0.25, 0.3) is 0 Å². The predicted molar refractivity (Wildman–Crippen MR) is 104 cm³/mol. The minimum absolute atomic E-state index is 0.01000. The molecule has 2 fully saturated rings. The molecule has 2 saturated carbocycles. The van der Waals surface area contributed by atoms with Gasteiger partial charge in [0, 0.05) is 29.2 Å². The van der Waals surface area contributed by atoms with Crippen molar-refractivity contribution in [2.75, 3.05) is 6.61 Å².